The Balaban J connectivity index is 1.58. The third-order valence-corrected chi connectivity index (χ3v) is 7.08. The van der Waals surface area contributed by atoms with Crippen molar-refractivity contribution in [2.75, 3.05) is 11.9 Å². The molecule has 0 aliphatic carbocycles. The Bertz CT molecular complexity index is 1420. The van der Waals surface area contributed by atoms with Gasteiger partial charge in [0.25, 0.3) is 5.91 Å². The maximum atomic E-state index is 13.9. The number of carbonyl (C=O) groups excluding carboxylic acids is 3. The smallest absolute Gasteiger partial charge is 0.336 e. The molecule has 3 aromatic carbocycles. The van der Waals surface area contributed by atoms with Crippen molar-refractivity contribution in [3.05, 3.63) is 111 Å². The number of esters is 1. The van der Waals surface area contributed by atoms with Crippen molar-refractivity contribution < 1.29 is 23.5 Å². The van der Waals surface area contributed by atoms with Crippen LogP contribution in [0.1, 0.15) is 47.7 Å². The van der Waals surface area contributed by atoms with E-state index in [-0.39, 0.29) is 31.2 Å². The molecule has 0 saturated carbocycles. The van der Waals surface area contributed by atoms with E-state index in [2.05, 4.69) is 5.32 Å². The average molecular weight is 555 g/mol. The molecule has 0 aromatic heterocycles. The molecule has 1 heterocycles. The fraction of sp³-hybridized carbons (Fsp3) is 0.207. The van der Waals surface area contributed by atoms with Gasteiger partial charge in [0, 0.05) is 23.6 Å². The van der Waals surface area contributed by atoms with E-state index in [1.54, 1.807) is 62.4 Å². The van der Waals surface area contributed by atoms with E-state index < -0.39 is 23.6 Å². The number of rotatable bonds is 7. The molecule has 6 nitrogen and oxygen atoms in total. The SMILES string of the molecule is CCOC(=O)C1=C(C)N(Cc2ccc(C(=O)Nc3ccccc3F)cc2)C(=O)CC1c1ccc(Cl)c(Cl)c1. The highest BCUT2D eigenvalue weighted by molar-refractivity contribution is 6.42. The first-order chi connectivity index (χ1) is 18.2. The maximum Gasteiger partial charge on any atom is 0.336 e. The lowest BCUT2D eigenvalue weighted by molar-refractivity contribution is -0.140. The minimum Gasteiger partial charge on any atom is -0.463 e. The van der Waals surface area contributed by atoms with Gasteiger partial charge in [-0.15, -0.1) is 0 Å². The summed E-state index contributed by atoms with van der Waals surface area (Å²) >= 11 is 12.3. The number of ether oxygens (including phenoxy) is 1. The van der Waals surface area contributed by atoms with Crippen LogP contribution in [0.15, 0.2) is 78.0 Å². The second kappa shape index (κ2) is 11.8. The topological polar surface area (TPSA) is 75.7 Å². The fourth-order valence-electron chi connectivity index (χ4n) is 4.39. The van der Waals surface area contributed by atoms with Gasteiger partial charge in [-0.2, -0.15) is 0 Å². The number of benzene rings is 3. The maximum absolute atomic E-state index is 13.9. The molecule has 0 bridgehead atoms. The molecular formula is C29H25Cl2FN2O4. The Morgan fingerprint density at radius 2 is 1.76 bits per heavy atom. The highest BCUT2D eigenvalue weighted by Crippen LogP contribution is 2.39. The molecule has 0 saturated heterocycles. The summed E-state index contributed by atoms with van der Waals surface area (Å²) in [6.07, 6.45) is 0.0482. The van der Waals surface area contributed by atoms with Crippen LogP contribution in [0, 0.1) is 5.82 Å². The molecule has 1 aliphatic heterocycles. The van der Waals surface area contributed by atoms with Gasteiger partial charge >= 0.3 is 5.97 Å². The number of halogens is 3. The van der Waals surface area contributed by atoms with Crippen molar-refractivity contribution in [3.63, 3.8) is 0 Å². The molecule has 0 radical (unpaired) electrons. The minimum absolute atomic E-state index is 0.0482. The predicted molar refractivity (Wildman–Crippen MR) is 144 cm³/mol. The van der Waals surface area contributed by atoms with Gasteiger partial charge in [-0.25, -0.2) is 9.18 Å². The molecule has 196 valence electrons. The van der Waals surface area contributed by atoms with Crippen LogP contribution < -0.4 is 5.32 Å². The average Bonchev–Trinajstić information content (AvgIpc) is 2.89. The largest absolute Gasteiger partial charge is 0.463 e. The van der Waals surface area contributed by atoms with Gasteiger partial charge in [0.2, 0.25) is 5.91 Å². The Morgan fingerprint density at radius 3 is 2.42 bits per heavy atom. The Kier molecular flexibility index (Phi) is 8.49. The number of para-hydroxylation sites is 1. The molecule has 4 rings (SSSR count). The van der Waals surface area contributed by atoms with Crippen molar-refractivity contribution in [1.82, 2.24) is 4.90 Å². The third kappa shape index (κ3) is 5.90. The molecule has 1 N–H and O–H groups in total. The first-order valence-electron chi connectivity index (χ1n) is 12.0. The zero-order valence-corrected chi connectivity index (χ0v) is 22.3. The van der Waals surface area contributed by atoms with Crippen LogP contribution in [-0.4, -0.2) is 29.3 Å². The van der Waals surface area contributed by atoms with Crippen molar-refractivity contribution >= 4 is 46.7 Å². The van der Waals surface area contributed by atoms with E-state index in [0.717, 1.165) is 5.56 Å². The monoisotopic (exact) mass is 554 g/mol. The molecule has 1 unspecified atom stereocenters. The lowest BCUT2D eigenvalue weighted by Gasteiger charge is -2.34. The van der Waals surface area contributed by atoms with E-state index in [9.17, 15) is 18.8 Å². The normalized spacial score (nSPS) is 15.4. The number of nitrogens with zero attached hydrogens (tertiary/aromatic N) is 1. The molecule has 1 atom stereocenters. The summed E-state index contributed by atoms with van der Waals surface area (Å²) in [6, 6.07) is 17.6. The van der Waals surface area contributed by atoms with Crippen LogP contribution in [0.2, 0.25) is 10.0 Å². The molecule has 9 heteroatoms. The van der Waals surface area contributed by atoms with Gasteiger partial charge in [-0.3, -0.25) is 9.59 Å². The highest BCUT2D eigenvalue weighted by Gasteiger charge is 2.37. The first kappa shape index (κ1) is 27.4. The van der Waals surface area contributed by atoms with E-state index in [1.165, 1.54) is 23.1 Å². The van der Waals surface area contributed by atoms with Crippen molar-refractivity contribution in [2.45, 2.75) is 32.7 Å². The lowest BCUT2D eigenvalue weighted by Crippen LogP contribution is -2.38. The van der Waals surface area contributed by atoms with E-state index in [4.69, 9.17) is 27.9 Å². The summed E-state index contributed by atoms with van der Waals surface area (Å²) in [6.45, 7) is 3.81. The number of carbonyl (C=O) groups is 3. The van der Waals surface area contributed by atoms with Crippen LogP contribution in [0.5, 0.6) is 0 Å². The van der Waals surface area contributed by atoms with Crippen molar-refractivity contribution in [3.8, 4) is 0 Å². The molecule has 1 aliphatic rings. The predicted octanol–water partition coefficient (Wildman–Crippen LogP) is 6.74. The summed E-state index contributed by atoms with van der Waals surface area (Å²) < 4.78 is 19.2. The third-order valence-electron chi connectivity index (χ3n) is 6.34. The zero-order chi connectivity index (χ0) is 27.4. The van der Waals surface area contributed by atoms with Gasteiger partial charge in [0.1, 0.15) is 5.82 Å². The number of hydrogen-bond acceptors (Lipinski definition) is 4. The van der Waals surface area contributed by atoms with Gasteiger partial charge in [-0.1, -0.05) is 53.5 Å². The summed E-state index contributed by atoms with van der Waals surface area (Å²) in [4.78, 5) is 40.3. The Labute approximate surface area is 230 Å². The van der Waals surface area contributed by atoms with E-state index in [1.807, 2.05) is 0 Å². The van der Waals surface area contributed by atoms with Crippen LogP contribution in [0.4, 0.5) is 10.1 Å². The molecule has 3 aromatic rings. The van der Waals surface area contributed by atoms with Crippen LogP contribution >= 0.6 is 23.2 Å². The first-order valence-corrected chi connectivity index (χ1v) is 12.7. The van der Waals surface area contributed by atoms with Gasteiger partial charge in [0.15, 0.2) is 0 Å². The van der Waals surface area contributed by atoms with Crippen molar-refractivity contribution in [1.29, 1.82) is 0 Å². The summed E-state index contributed by atoms with van der Waals surface area (Å²) in [5, 5.41) is 3.26. The van der Waals surface area contributed by atoms with Crippen molar-refractivity contribution in [2.24, 2.45) is 0 Å². The highest BCUT2D eigenvalue weighted by atomic mass is 35.5. The zero-order valence-electron chi connectivity index (χ0n) is 20.8. The Hall–Kier alpha value is -3.68. The number of allylic oxidation sites excluding steroid dienone is 1. The second-order valence-electron chi connectivity index (χ2n) is 8.76. The van der Waals surface area contributed by atoms with Gasteiger partial charge in [0.05, 0.1) is 34.5 Å². The summed E-state index contributed by atoms with van der Waals surface area (Å²) in [5.41, 5.74) is 2.73. The number of anilines is 1. The van der Waals surface area contributed by atoms with Crippen LogP contribution in [0.25, 0.3) is 0 Å². The number of nitrogens with one attached hydrogen (secondary N) is 1. The van der Waals surface area contributed by atoms with E-state index >= 15 is 0 Å². The molecule has 38 heavy (non-hydrogen) atoms. The van der Waals surface area contributed by atoms with Gasteiger partial charge in [-0.05, 0) is 61.4 Å². The number of amides is 2. The molecular weight excluding hydrogens is 530 g/mol. The number of hydrogen-bond donors (Lipinski definition) is 1. The van der Waals surface area contributed by atoms with E-state index in [0.29, 0.717) is 32.4 Å². The summed E-state index contributed by atoms with van der Waals surface area (Å²) in [5.74, 6) is -2.19. The Morgan fingerprint density at radius 1 is 1.05 bits per heavy atom. The van der Waals surface area contributed by atoms with Crippen LogP contribution in [-0.2, 0) is 20.9 Å². The second-order valence-corrected chi connectivity index (χ2v) is 9.57. The summed E-state index contributed by atoms with van der Waals surface area (Å²) in [7, 11) is 0. The molecule has 0 fully saturated rings. The minimum atomic E-state index is -0.531. The standard InChI is InChI=1S/C29H25Cl2FN2O4/c1-3-38-29(37)27-17(2)34(26(35)15-21(27)20-12-13-22(30)23(31)14-20)16-18-8-10-19(11-9-18)28(36)33-25-7-5-4-6-24(25)32/h4-14,21H,3,15-16H2,1-2H3,(H,33,36). The molecule has 2 amide bonds. The fourth-order valence-corrected chi connectivity index (χ4v) is 4.70. The lowest BCUT2D eigenvalue weighted by atomic mass is 9.83. The van der Waals surface area contributed by atoms with Crippen LogP contribution in [0.3, 0.4) is 0 Å². The molecule has 0 spiro atoms. The van der Waals surface area contributed by atoms with Gasteiger partial charge < -0.3 is 15.0 Å². The quantitative estimate of drug-likeness (QED) is 0.328.